The Labute approximate surface area is 143 Å². The zero-order valence-electron chi connectivity index (χ0n) is 12.7. The fourth-order valence-corrected chi connectivity index (χ4v) is 2.81. The zero-order chi connectivity index (χ0) is 17.3. The number of carbonyl (C=O) groups excluding carboxylic acids is 3. The van der Waals surface area contributed by atoms with E-state index in [1.54, 1.807) is 49.4 Å². The van der Waals surface area contributed by atoms with Gasteiger partial charge in [0.25, 0.3) is 5.91 Å². The van der Waals surface area contributed by atoms with Crippen LogP contribution in [0.4, 0.5) is 0 Å². The van der Waals surface area contributed by atoms with Crippen LogP contribution in [0.2, 0.25) is 5.02 Å². The number of amides is 1. The Morgan fingerprint density at radius 2 is 1.67 bits per heavy atom. The van der Waals surface area contributed by atoms with Crippen molar-refractivity contribution in [3.8, 4) is 0 Å². The van der Waals surface area contributed by atoms with Gasteiger partial charge < -0.3 is 0 Å². The molecule has 1 N–H and O–H groups in total. The molecule has 0 fully saturated rings. The molecule has 0 bridgehead atoms. The number of hydrogen-bond acceptors (Lipinski definition) is 4. The Hall–Kier alpha value is -2.79. The third-order valence-corrected chi connectivity index (χ3v) is 4.06. The van der Waals surface area contributed by atoms with Gasteiger partial charge in [-0.15, -0.1) is 0 Å². The fourth-order valence-electron chi connectivity index (χ4n) is 2.62. The molecule has 0 aliphatic heterocycles. The van der Waals surface area contributed by atoms with E-state index >= 15 is 0 Å². The molecule has 0 spiro atoms. The van der Waals surface area contributed by atoms with Crippen molar-refractivity contribution in [2.75, 3.05) is 0 Å². The minimum atomic E-state index is -0.984. The summed E-state index contributed by atoms with van der Waals surface area (Å²) in [4.78, 5) is 36.8. The molecule has 0 atom stereocenters. The molecule has 2 aromatic carbocycles. The Kier molecular flexibility index (Phi) is 4.27. The number of halogens is 1. The van der Waals surface area contributed by atoms with E-state index in [2.05, 4.69) is 10.5 Å². The van der Waals surface area contributed by atoms with Crippen molar-refractivity contribution in [2.45, 2.75) is 6.92 Å². The number of rotatable bonds is 3. The van der Waals surface area contributed by atoms with Crippen LogP contribution < -0.4 is 5.43 Å². The normalized spacial score (nSPS) is 14.7. The van der Waals surface area contributed by atoms with E-state index in [4.69, 9.17) is 11.6 Å². The van der Waals surface area contributed by atoms with Gasteiger partial charge in [0, 0.05) is 21.7 Å². The van der Waals surface area contributed by atoms with Crippen LogP contribution in [-0.4, -0.2) is 23.2 Å². The summed E-state index contributed by atoms with van der Waals surface area (Å²) in [5, 5.41) is 4.36. The SMILES string of the molecule is C/C(=N\NC(=O)c1cccc(Cl)c1)C1C(=O)c2ccccc2C1=O. The average Bonchev–Trinajstić information content (AvgIpc) is 2.84. The quantitative estimate of drug-likeness (QED) is 0.530. The number of fused-ring (bicyclic) bond motifs is 1. The minimum Gasteiger partial charge on any atom is -0.293 e. The van der Waals surface area contributed by atoms with Crippen LogP contribution in [-0.2, 0) is 0 Å². The van der Waals surface area contributed by atoms with Crippen LogP contribution in [0.1, 0.15) is 38.0 Å². The lowest BCUT2D eigenvalue weighted by molar-refractivity contribution is 0.0877. The predicted molar refractivity (Wildman–Crippen MR) is 90.6 cm³/mol. The number of hydrogen-bond donors (Lipinski definition) is 1. The smallest absolute Gasteiger partial charge is 0.271 e. The number of carbonyl (C=O) groups is 3. The first-order valence-electron chi connectivity index (χ1n) is 7.26. The van der Waals surface area contributed by atoms with Gasteiger partial charge in [-0.1, -0.05) is 41.9 Å². The van der Waals surface area contributed by atoms with Crippen molar-refractivity contribution >= 4 is 34.8 Å². The maximum atomic E-state index is 12.4. The van der Waals surface area contributed by atoms with Crippen LogP contribution in [0.15, 0.2) is 53.6 Å². The number of benzene rings is 2. The van der Waals surface area contributed by atoms with Crippen LogP contribution in [0.3, 0.4) is 0 Å². The summed E-state index contributed by atoms with van der Waals surface area (Å²) in [6, 6.07) is 13.0. The summed E-state index contributed by atoms with van der Waals surface area (Å²) in [5.41, 5.74) is 3.73. The largest absolute Gasteiger partial charge is 0.293 e. The fraction of sp³-hybridized carbons (Fsp3) is 0.111. The lowest BCUT2D eigenvalue weighted by Gasteiger charge is -2.07. The van der Waals surface area contributed by atoms with E-state index in [0.29, 0.717) is 21.7 Å². The molecule has 5 nitrogen and oxygen atoms in total. The highest BCUT2D eigenvalue weighted by Gasteiger charge is 2.40. The van der Waals surface area contributed by atoms with Gasteiger partial charge in [-0.05, 0) is 25.1 Å². The summed E-state index contributed by atoms with van der Waals surface area (Å²) in [5.74, 6) is -2.04. The minimum absolute atomic E-state index is 0.247. The van der Waals surface area contributed by atoms with Gasteiger partial charge in [-0.25, -0.2) is 5.43 Å². The number of nitrogens with one attached hydrogen (secondary N) is 1. The van der Waals surface area contributed by atoms with Crippen LogP contribution in [0.5, 0.6) is 0 Å². The molecule has 3 rings (SSSR count). The molecule has 120 valence electrons. The standard InChI is InChI=1S/C18H13ClN2O3/c1-10(20-21-18(24)11-5-4-6-12(19)9-11)15-16(22)13-7-2-3-8-14(13)17(15)23/h2-9,15H,1H3,(H,21,24)/b20-10+. The summed E-state index contributed by atoms with van der Waals surface area (Å²) in [6.45, 7) is 1.55. The second kappa shape index (κ2) is 6.37. The zero-order valence-corrected chi connectivity index (χ0v) is 13.5. The topological polar surface area (TPSA) is 75.6 Å². The molecule has 6 heteroatoms. The molecular weight excluding hydrogens is 328 g/mol. The molecule has 1 aliphatic rings. The highest BCUT2D eigenvalue weighted by atomic mass is 35.5. The van der Waals surface area contributed by atoms with Crippen LogP contribution in [0.25, 0.3) is 0 Å². The van der Waals surface area contributed by atoms with Crippen molar-refractivity contribution in [3.63, 3.8) is 0 Å². The van der Waals surface area contributed by atoms with Gasteiger partial charge in [0.15, 0.2) is 11.6 Å². The van der Waals surface area contributed by atoms with Gasteiger partial charge in [0.05, 0.1) is 5.71 Å². The lowest BCUT2D eigenvalue weighted by atomic mass is 9.99. The van der Waals surface area contributed by atoms with Gasteiger partial charge in [0.2, 0.25) is 0 Å². The molecule has 0 unspecified atom stereocenters. The summed E-state index contributed by atoms with van der Waals surface area (Å²) in [7, 11) is 0. The van der Waals surface area contributed by atoms with E-state index in [1.165, 1.54) is 6.07 Å². The lowest BCUT2D eigenvalue weighted by Crippen LogP contribution is -2.27. The third kappa shape index (κ3) is 2.86. The molecule has 2 aromatic rings. The Balaban J connectivity index is 1.79. The molecular formula is C18H13ClN2O3. The molecule has 0 saturated carbocycles. The number of hydrazone groups is 1. The van der Waals surface area contributed by atoms with Gasteiger partial charge in [-0.2, -0.15) is 5.10 Å². The molecule has 1 amide bonds. The van der Waals surface area contributed by atoms with Gasteiger partial charge >= 0.3 is 0 Å². The number of Topliss-reactive ketones (excluding diaryl/α,β-unsaturated/α-hetero) is 2. The van der Waals surface area contributed by atoms with E-state index < -0.39 is 11.8 Å². The molecule has 1 aliphatic carbocycles. The Morgan fingerprint density at radius 3 is 2.25 bits per heavy atom. The molecule has 0 aromatic heterocycles. The van der Waals surface area contributed by atoms with Crippen LogP contribution in [0, 0.1) is 5.92 Å². The van der Waals surface area contributed by atoms with Crippen molar-refractivity contribution in [2.24, 2.45) is 11.0 Å². The molecule has 0 saturated heterocycles. The van der Waals surface area contributed by atoms with Crippen molar-refractivity contribution in [1.29, 1.82) is 0 Å². The van der Waals surface area contributed by atoms with E-state index in [-0.39, 0.29) is 17.3 Å². The van der Waals surface area contributed by atoms with E-state index in [9.17, 15) is 14.4 Å². The first kappa shape index (κ1) is 16.1. The van der Waals surface area contributed by atoms with Gasteiger partial charge in [0.1, 0.15) is 5.92 Å². The van der Waals surface area contributed by atoms with Crippen LogP contribution >= 0.6 is 11.6 Å². The second-order valence-electron chi connectivity index (χ2n) is 5.41. The van der Waals surface area contributed by atoms with Crippen molar-refractivity contribution in [3.05, 3.63) is 70.2 Å². The van der Waals surface area contributed by atoms with Gasteiger partial charge in [-0.3, -0.25) is 14.4 Å². The second-order valence-corrected chi connectivity index (χ2v) is 5.85. The molecule has 0 heterocycles. The third-order valence-electron chi connectivity index (χ3n) is 3.82. The summed E-state index contributed by atoms with van der Waals surface area (Å²) >= 11 is 5.84. The number of nitrogens with zero attached hydrogens (tertiary/aromatic N) is 1. The number of ketones is 2. The van der Waals surface area contributed by atoms with Crippen molar-refractivity contribution in [1.82, 2.24) is 5.43 Å². The first-order chi connectivity index (χ1) is 11.5. The Morgan fingerprint density at radius 1 is 1.04 bits per heavy atom. The highest BCUT2D eigenvalue weighted by Crippen LogP contribution is 2.27. The predicted octanol–water partition coefficient (Wildman–Crippen LogP) is 3.14. The molecule has 0 radical (unpaired) electrons. The maximum Gasteiger partial charge on any atom is 0.271 e. The first-order valence-corrected chi connectivity index (χ1v) is 7.64. The van der Waals surface area contributed by atoms with Crippen molar-refractivity contribution < 1.29 is 14.4 Å². The Bertz CT molecular complexity index is 854. The average molecular weight is 341 g/mol. The van der Waals surface area contributed by atoms with E-state index in [0.717, 1.165) is 0 Å². The highest BCUT2D eigenvalue weighted by molar-refractivity contribution is 6.36. The maximum absolute atomic E-state index is 12.4. The monoisotopic (exact) mass is 340 g/mol. The summed E-state index contributed by atoms with van der Waals surface area (Å²) < 4.78 is 0. The molecule has 24 heavy (non-hydrogen) atoms. The van der Waals surface area contributed by atoms with E-state index in [1.807, 2.05) is 0 Å². The summed E-state index contributed by atoms with van der Waals surface area (Å²) in [6.07, 6.45) is 0.